The molecule has 1 aromatic rings. The number of halogens is 3. The number of nitriles is 1. The molecule has 86 valence electrons. The molecule has 1 rings (SSSR count). The molecule has 0 atom stereocenters. The summed E-state index contributed by atoms with van der Waals surface area (Å²) >= 11 is 0. The van der Waals surface area contributed by atoms with Crippen molar-refractivity contribution in [2.45, 2.75) is 6.36 Å². The van der Waals surface area contributed by atoms with Gasteiger partial charge in [0.05, 0.1) is 12.8 Å². The van der Waals surface area contributed by atoms with E-state index < -0.39 is 18.0 Å². The first-order valence-electron chi connectivity index (χ1n) is 3.87. The number of pyridine rings is 1. The summed E-state index contributed by atoms with van der Waals surface area (Å²) in [5.74, 6) is -1.25. The summed E-state index contributed by atoms with van der Waals surface area (Å²) in [7, 11) is 1.09. The first-order chi connectivity index (χ1) is 7.37. The van der Waals surface area contributed by atoms with Crippen LogP contribution < -0.4 is 15.2 Å². The van der Waals surface area contributed by atoms with Crippen LogP contribution in [0.15, 0.2) is 6.07 Å². The van der Waals surface area contributed by atoms with Crippen molar-refractivity contribution in [1.82, 2.24) is 4.98 Å². The minimum Gasteiger partial charge on any atom is -0.478 e. The maximum atomic E-state index is 12.0. The Morgan fingerprint density at radius 3 is 2.56 bits per heavy atom. The molecule has 1 heterocycles. The summed E-state index contributed by atoms with van der Waals surface area (Å²) in [6, 6.07) is 2.59. The summed E-state index contributed by atoms with van der Waals surface area (Å²) in [5, 5.41) is 8.52. The third-order valence-electron chi connectivity index (χ3n) is 1.50. The molecule has 0 aliphatic heterocycles. The molecule has 0 aliphatic rings. The minimum absolute atomic E-state index is 0.163. The van der Waals surface area contributed by atoms with Gasteiger partial charge in [-0.2, -0.15) is 10.2 Å². The Hall–Kier alpha value is -2.17. The molecule has 0 aliphatic carbocycles. The second kappa shape index (κ2) is 4.14. The Bertz CT molecular complexity index is 439. The van der Waals surface area contributed by atoms with Gasteiger partial charge in [0.2, 0.25) is 5.75 Å². The van der Waals surface area contributed by atoms with E-state index in [9.17, 15) is 13.2 Å². The first-order valence-corrected chi connectivity index (χ1v) is 3.87. The van der Waals surface area contributed by atoms with Crippen molar-refractivity contribution in [2.24, 2.45) is 0 Å². The van der Waals surface area contributed by atoms with Gasteiger partial charge in [-0.15, -0.1) is 13.2 Å². The standard InChI is InChI=1S/C8H6F3N3O2/c1-15-7-6(16-8(9,10)11)5(13)2-4(3-12)14-7/h2H,1H3,(H2,13,14). The van der Waals surface area contributed by atoms with Crippen LogP contribution in [0, 0.1) is 11.3 Å². The van der Waals surface area contributed by atoms with Gasteiger partial charge >= 0.3 is 6.36 Å². The molecule has 8 heteroatoms. The van der Waals surface area contributed by atoms with Crippen LogP contribution in [0.1, 0.15) is 5.69 Å². The van der Waals surface area contributed by atoms with Crippen molar-refractivity contribution in [3.05, 3.63) is 11.8 Å². The molecule has 2 N–H and O–H groups in total. The minimum atomic E-state index is -4.91. The number of anilines is 1. The summed E-state index contributed by atoms with van der Waals surface area (Å²) < 4.78 is 44.2. The van der Waals surface area contributed by atoms with Crippen LogP contribution >= 0.6 is 0 Å². The van der Waals surface area contributed by atoms with Gasteiger partial charge in [-0.3, -0.25) is 0 Å². The van der Waals surface area contributed by atoms with Crippen molar-refractivity contribution in [2.75, 3.05) is 12.8 Å². The second-order valence-electron chi connectivity index (χ2n) is 2.59. The van der Waals surface area contributed by atoms with E-state index in [0.717, 1.165) is 13.2 Å². The lowest BCUT2D eigenvalue weighted by Crippen LogP contribution is -2.19. The average Bonchev–Trinajstić information content (AvgIpc) is 2.19. The Balaban J connectivity index is 3.23. The van der Waals surface area contributed by atoms with Crippen LogP contribution in [-0.2, 0) is 0 Å². The third kappa shape index (κ3) is 2.66. The van der Waals surface area contributed by atoms with Gasteiger partial charge in [-0.1, -0.05) is 0 Å². The van der Waals surface area contributed by atoms with Gasteiger partial charge in [0.25, 0.3) is 5.88 Å². The Morgan fingerprint density at radius 1 is 1.50 bits per heavy atom. The van der Waals surface area contributed by atoms with Crippen molar-refractivity contribution >= 4 is 5.69 Å². The zero-order valence-electron chi connectivity index (χ0n) is 8.00. The van der Waals surface area contributed by atoms with Gasteiger partial charge in [-0.05, 0) is 0 Å². The average molecular weight is 233 g/mol. The van der Waals surface area contributed by atoms with Crippen molar-refractivity contribution in [3.8, 4) is 17.7 Å². The fourth-order valence-electron chi connectivity index (χ4n) is 0.943. The predicted molar refractivity (Wildman–Crippen MR) is 46.6 cm³/mol. The number of hydrogen-bond acceptors (Lipinski definition) is 5. The normalized spacial score (nSPS) is 10.7. The molecule has 0 bridgehead atoms. The van der Waals surface area contributed by atoms with E-state index in [1.165, 1.54) is 0 Å². The molecule has 0 radical (unpaired) electrons. The number of aromatic nitrogens is 1. The Kier molecular flexibility index (Phi) is 3.08. The number of ether oxygens (including phenoxy) is 2. The zero-order valence-corrected chi connectivity index (χ0v) is 8.00. The molecule has 0 saturated carbocycles. The molecule has 0 saturated heterocycles. The Labute approximate surface area is 88.2 Å². The second-order valence-corrected chi connectivity index (χ2v) is 2.59. The van der Waals surface area contributed by atoms with E-state index in [4.69, 9.17) is 11.0 Å². The van der Waals surface area contributed by atoms with E-state index >= 15 is 0 Å². The van der Waals surface area contributed by atoms with Gasteiger partial charge in [0, 0.05) is 6.07 Å². The molecule has 16 heavy (non-hydrogen) atoms. The van der Waals surface area contributed by atoms with E-state index in [1.807, 2.05) is 0 Å². The van der Waals surface area contributed by atoms with Crippen LogP contribution in [0.5, 0.6) is 11.6 Å². The fraction of sp³-hybridized carbons (Fsp3) is 0.250. The van der Waals surface area contributed by atoms with Crippen LogP contribution in [0.2, 0.25) is 0 Å². The lowest BCUT2D eigenvalue weighted by Gasteiger charge is -2.13. The number of nitrogen functional groups attached to an aromatic ring is 1. The molecule has 1 aromatic heterocycles. The monoisotopic (exact) mass is 233 g/mol. The van der Waals surface area contributed by atoms with Crippen LogP contribution in [0.3, 0.4) is 0 Å². The SMILES string of the molecule is COc1nc(C#N)cc(N)c1OC(F)(F)F. The molecule has 0 amide bonds. The third-order valence-corrected chi connectivity index (χ3v) is 1.50. The molecule has 5 nitrogen and oxygen atoms in total. The smallest absolute Gasteiger partial charge is 0.478 e. The lowest BCUT2D eigenvalue weighted by atomic mass is 10.3. The number of hydrogen-bond donors (Lipinski definition) is 1. The summed E-state index contributed by atoms with van der Waals surface area (Å²) in [6.07, 6.45) is -4.91. The number of nitrogens with zero attached hydrogens (tertiary/aromatic N) is 2. The zero-order chi connectivity index (χ0) is 12.3. The van der Waals surface area contributed by atoms with Gasteiger partial charge < -0.3 is 15.2 Å². The van der Waals surface area contributed by atoms with E-state index in [2.05, 4.69) is 14.5 Å². The van der Waals surface area contributed by atoms with E-state index in [1.54, 1.807) is 6.07 Å². The fourth-order valence-corrected chi connectivity index (χ4v) is 0.943. The molecule has 0 unspecified atom stereocenters. The first kappa shape index (κ1) is 11.9. The highest BCUT2D eigenvalue weighted by Crippen LogP contribution is 2.36. The largest absolute Gasteiger partial charge is 0.573 e. The molecule has 0 fully saturated rings. The van der Waals surface area contributed by atoms with E-state index in [-0.39, 0.29) is 11.4 Å². The van der Waals surface area contributed by atoms with Gasteiger partial charge in [0.1, 0.15) is 11.8 Å². The highest BCUT2D eigenvalue weighted by atomic mass is 19.4. The highest BCUT2D eigenvalue weighted by Gasteiger charge is 2.34. The summed E-state index contributed by atoms with van der Waals surface area (Å²) in [5.41, 5.74) is 4.75. The van der Waals surface area contributed by atoms with E-state index in [0.29, 0.717) is 0 Å². The molecule has 0 spiro atoms. The molecular weight excluding hydrogens is 227 g/mol. The summed E-state index contributed by atoms with van der Waals surface area (Å²) in [6.45, 7) is 0. The number of rotatable bonds is 2. The Morgan fingerprint density at radius 2 is 2.12 bits per heavy atom. The van der Waals surface area contributed by atoms with Crippen LogP contribution in [0.25, 0.3) is 0 Å². The highest BCUT2D eigenvalue weighted by molar-refractivity contribution is 5.60. The molecule has 0 aromatic carbocycles. The van der Waals surface area contributed by atoms with Crippen molar-refractivity contribution in [1.29, 1.82) is 5.26 Å². The van der Waals surface area contributed by atoms with Gasteiger partial charge in [0.15, 0.2) is 0 Å². The predicted octanol–water partition coefficient (Wildman–Crippen LogP) is 1.44. The summed E-state index contributed by atoms with van der Waals surface area (Å²) in [4.78, 5) is 3.47. The number of alkyl halides is 3. The van der Waals surface area contributed by atoms with Crippen LogP contribution in [-0.4, -0.2) is 18.5 Å². The number of methoxy groups -OCH3 is 1. The lowest BCUT2D eigenvalue weighted by molar-refractivity contribution is -0.274. The topological polar surface area (TPSA) is 81.2 Å². The van der Waals surface area contributed by atoms with Crippen LogP contribution in [0.4, 0.5) is 18.9 Å². The van der Waals surface area contributed by atoms with Crippen molar-refractivity contribution in [3.63, 3.8) is 0 Å². The van der Waals surface area contributed by atoms with Gasteiger partial charge in [-0.25, -0.2) is 0 Å². The van der Waals surface area contributed by atoms with Crippen molar-refractivity contribution < 1.29 is 22.6 Å². The maximum absolute atomic E-state index is 12.0. The maximum Gasteiger partial charge on any atom is 0.573 e. The number of nitrogens with two attached hydrogens (primary N) is 1. The quantitative estimate of drug-likeness (QED) is 0.835. The molecular formula is C8H6F3N3O2.